The Kier molecular flexibility index (Phi) is 4.32. The van der Waals surface area contributed by atoms with E-state index in [0.717, 1.165) is 11.5 Å². The van der Waals surface area contributed by atoms with Crippen LogP contribution >= 0.6 is 11.8 Å². The Morgan fingerprint density at radius 2 is 2.10 bits per heavy atom. The summed E-state index contributed by atoms with van der Waals surface area (Å²) in [5, 5.41) is 9.27. The Morgan fingerprint density at radius 3 is 2.40 bits per heavy atom. The highest BCUT2D eigenvalue weighted by molar-refractivity contribution is 7.99. The third-order valence-corrected chi connectivity index (χ3v) is 2.51. The van der Waals surface area contributed by atoms with Crippen LogP contribution in [0.2, 0.25) is 0 Å². The van der Waals surface area contributed by atoms with Crippen molar-refractivity contribution in [1.82, 2.24) is 0 Å². The van der Waals surface area contributed by atoms with Crippen molar-refractivity contribution in [3.63, 3.8) is 0 Å². The van der Waals surface area contributed by atoms with E-state index in [-0.39, 0.29) is 6.04 Å². The topological polar surface area (TPSA) is 46.2 Å². The van der Waals surface area contributed by atoms with Crippen LogP contribution in [0.1, 0.15) is 20.8 Å². The van der Waals surface area contributed by atoms with Crippen molar-refractivity contribution in [2.24, 2.45) is 5.73 Å². The van der Waals surface area contributed by atoms with E-state index < -0.39 is 5.60 Å². The summed E-state index contributed by atoms with van der Waals surface area (Å²) in [6.45, 7) is 5.58. The third-order valence-electron chi connectivity index (χ3n) is 0.836. The fourth-order valence-corrected chi connectivity index (χ4v) is 1.48. The zero-order valence-corrected chi connectivity index (χ0v) is 7.74. The van der Waals surface area contributed by atoms with Gasteiger partial charge in [0.15, 0.2) is 0 Å². The molecule has 0 radical (unpaired) electrons. The molecule has 0 heterocycles. The molecule has 0 aliphatic carbocycles. The molecule has 0 aromatic heterocycles. The number of hydrogen-bond acceptors (Lipinski definition) is 3. The Bertz CT molecular complexity index is 88.1. The van der Waals surface area contributed by atoms with Crippen molar-refractivity contribution in [3.05, 3.63) is 0 Å². The molecule has 3 N–H and O–H groups in total. The molecule has 0 aliphatic rings. The summed E-state index contributed by atoms with van der Waals surface area (Å²) in [6, 6.07) is 0.229. The summed E-state index contributed by atoms with van der Waals surface area (Å²) in [6.07, 6.45) is 0. The maximum Gasteiger partial charge on any atom is 0.0681 e. The van der Waals surface area contributed by atoms with Crippen LogP contribution < -0.4 is 5.73 Å². The maximum absolute atomic E-state index is 9.27. The number of rotatable bonds is 4. The predicted molar refractivity (Wildman–Crippen MR) is 47.3 cm³/mol. The Morgan fingerprint density at radius 1 is 1.60 bits per heavy atom. The third kappa shape index (κ3) is 8.27. The van der Waals surface area contributed by atoms with Crippen LogP contribution in [0, 0.1) is 0 Å². The first-order valence-electron chi connectivity index (χ1n) is 3.47. The van der Waals surface area contributed by atoms with E-state index in [1.807, 2.05) is 6.92 Å². The van der Waals surface area contributed by atoms with E-state index in [0.29, 0.717) is 0 Å². The second-order valence-electron chi connectivity index (χ2n) is 3.30. The molecule has 0 amide bonds. The van der Waals surface area contributed by atoms with Crippen LogP contribution in [0.4, 0.5) is 0 Å². The van der Waals surface area contributed by atoms with Gasteiger partial charge in [-0.25, -0.2) is 0 Å². The highest BCUT2D eigenvalue weighted by Crippen LogP contribution is 2.11. The Hall–Kier alpha value is 0.270. The average molecular weight is 163 g/mol. The molecule has 2 nitrogen and oxygen atoms in total. The standard InChI is InChI=1S/C7H17NOS/c1-6(8)4-10-5-7(2,3)9/h6,9H,4-5,8H2,1-3H3. The Balaban J connectivity index is 3.21. The monoisotopic (exact) mass is 163 g/mol. The maximum atomic E-state index is 9.27. The molecule has 10 heavy (non-hydrogen) atoms. The number of hydrogen-bond donors (Lipinski definition) is 2. The molecule has 0 rings (SSSR count). The van der Waals surface area contributed by atoms with Gasteiger partial charge in [0.05, 0.1) is 5.60 Å². The molecule has 0 aromatic carbocycles. The molecular formula is C7H17NOS. The first-order valence-corrected chi connectivity index (χ1v) is 4.63. The molecule has 1 unspecified atom stereocenters. The summed E-state index contributed by atoms with van der Waals surface area (Å²) in [4.78, 5) is 0. The van der Waals surface area contributed by atoms with Crippen molar-refractivity contribution in [2.75, 3.05) is 11.5 Å². The fourth-order valence-electron chi connectivity index (χ4n) is 0.495. The Labute approximate surface area is 67.2 Å². The number of nitrogens with two attached hydrogens (primary N) is 1. The lowest BCUT2D eigenvalue weighted by Crippen LogP contribution is -2.25. The van der Waals surface area contributed by atoms with Gasteiger partial charge in [-0.2, -0.15) is 11.8 Å². The van der Waals surface area contributed by atoms with E-state index in [1.165, 1.54) is 0 Å². The fraction of sp³-hybridized carbons (Fsp3) is 1.00. The second-order valence-corrected chi connectivity index (χ2v) is 4.34. The molecule has 1 atom stereocenters. The van der Waals surface area contributed by atoms with Crippen molar-refractivity contribution >= 4 is 11.8 Å². The SMILES string of the molecule is CC(N)CSCC(C)(C)O. The summed E-state index contributed by atoms with van der Waals surface area (Å²) >= 11 is 1.69. The molecular weight excluding hydrogens is 146 g/mol. The number of aliphatic hydroxyl groups is 1. The number of thioether (sulfide) groups is 1. The van der Waals surface area contributed by atoms with Crippen LogP contribution in [0.5, 0.6) is 0 Å². The lowest BCUT2D eigenvalue weighted by atomic mass is 10.2. The van der Waals surface area contributed by atoms with Gasteiger partial charge in [-0.05, 0) is 20.8 Å². The summed E-state index contributed by atoms with van der Waals surface area (Å²) in [7, 11) is 0. The first kappa shape index (κ1) is 10.3. The molecule has 0 saturated carbocycles. The molecule has 0 aliphatic heterocycles. The summed E-state index contributed by atoms with van der Waals surface area (Å²) in [5.74, 6) is 1.68. The van der Waals surface area contributed by atoms with Gasteiger partial charge in [0.1, 0.15) is 0 Å². The molecule has 62 valence electrons. The van der Waals surface area contributed by atoms with Crippen molar-refractivity contribution in [3.8, 4) is 0 Å². The second kappa shape index (κ2) is 4.21. The van der Waals surface area contributed by atoms with Gasteiger partial charge in [-0.15, -0.1) is 0 Å². The largest absolute Gasteiger partial charge is 0.390 e. The normalized spacial score (nSPS) is 15.3. The van der Waals surface area contributed by atoms with Crippen LogP contribution in [0.3, 0.4) is 0 Å². The van der Waals surface area contributed by atoms with Crippen molar-refractivity contribution in [2.45, 2.75) is 32.4 Å². The molecule has 0 aromatic rings. The van der Waals surface area contributed by atoms with Crippen LogP contribution in [0.15, 0.2) is 0 Å². The van der Waals surface area contributed by atoms with Crippen molar-refractivity contribution < 1.29 is 5.11 Å². The zero-order chi connectivity index (χ0) is 8.20. The van der Waals surface area contributed by atoms with Gasteiger partial charge in [0, 0.05) is 17.5 Å². The highest BCUT2D eigenvalue weighted by Gasteiger charge is 2.11. The van der Waals surface area contributed by atoms with Crippen LogP contribution in [-0.4, -0.2) is 28.3 Å². The first-order chi connectivity index (χ1) is 4.42. The van der Waals surface area contributed by atoms with Gasteiger partial charge < -0.3 is 10.8 Å². The van der Waals surface area contributed by atoms with E-state index in [9.17, 15) is 5.11 Å². The van der Waals surface area contributed by atoms with Crippen LogP contribution in [0.25, 0.3) is 0 Å². The molecule has 3 heteroatoms. The van der Waals surface area contributed by atoms with E-state index >= 15 is 0 Å². The minimum atomic E-state index is -0.556. The van der Waals surface area contributed by atoms with E-state index in [2.05, 4.69) is 0 Å². The van der Waals surface area contributed by atoms with Gasteiger partial charge in [0.25, 0.3) is 0 Å². The lowest BCUT2D eigenvalue weighted by Gasteiger charge is -2.16. The summed E-state index contributed by atoms with van der Waals surface area (Å²) < 4.78 is 0. The van der Waals surface area contributed by atoms with Gasteiger partial charge in [-0.1, -0.05) is 0 Å². The molecule has 0 saturated heterocycles. The quantitative estimate of drug-likeness (QED) is 0.645. The minimum Gasteiger partial charge on any atom is -0.390 e. The minimum absolute atomic E-state index is 0.229. The average Bonchev–Trinajstić information content (AvgIpc) is 1.59. The van der Waals surface area contributed by atoms with E-state index in [4.69, 9.17) is 5.73 Å². The predicted octanol–water partition coefficient (Wildman–Crippen LogP) is 0.838. The lowest BCUT2D eigenvalue weighted by molar-refractivity contribution is 0.107. The van der Waals surface area contributed by atoms with Crippen LogP contribution in [-0.2, 0) is 0 Å². The van der Waals surface area contributed by atoms with Crippen molar-refractivity contribution in [1.29, 1.82) is 0 Å². The highest BCUT2D eigenvalue weighted by atomic mass is 32.2. The molecule has 0 spiro atoms. The zero-order valence-electron chi connectivity index (χ0n) is 6.92. The van der Waals surface area contributed by atoms with Gasteiger partial charge in [-0.3, -0.25) is 0 Å². The van der Waals surface area contributed by atoms with Gasteiger partial charge >= 0.3 is 0 Å². The molecule has 0 fully saturated rings. The molecule has 0 bridgehead atoms. The van der Waals surface area contributed by atoms with E-state index in [1.54, 1.807) is 25.6 Å². The summed E-state index contributed by atoms with van der Waals surface area (Å²) in [5.41, 5.74) is 4.96. The smallest absolute Gasteiger partial charge is 0.0681 e. The van der Waals surface area contributed by atoms with Gasteiger partial charge in [0.2, 0.25) is 0 Å².